The molecule has 1 atom stereocenters. The van der Waals surface area contributed by atoms with Crippen molar-refractivity contribution in [2.45, 2.75) is 111 Å². The van der Waals surface area contributed by atoms with Gasteiger partial charge in [0.25, 0.3) is 0 Å². The van der Waals surface area contributed by atoms with Crippen molar-refractivity contribution in [1.29, 1.82) is 0 Å². The van der Waals surface area contributed by atoms with Gasteiger partial charge >= 0.3 is 5.97 Å². The van der Waals surface area contributed by atoms with Gasteiger partial charge in [-0.15, -0.1) is 0 Å². The first-order valence-electron chi connectivity index (χ1n) is 15.7. The topological polar surface area (TPSA) is 80.7 Å². The lowest BCUT2D eigenvalue weighted by atomic mass is 9.81. The summed E-state index contributed by atoms with van der Waals surface area (Å²) in [5, 5.41) is 12.5. The molecule has 5 heteroatoms. The molecule has 3 rings (SSSR count). The highest BCUT2D eigenvalue weighted by Crippen LogP contribution is 2.36. The van der Waals surface area contributed by atoms with Gasteiger partial charge in [0, 0.05) is 23.5 Å². The molecular formula is C36H48O5. The quantitative estimate of drug-likeness (QED) is 0.0850. The van der Waals surface area contributed by atoms with Crippen LogP contribution in [0.2, 0.25) is 0 Å². The number of rotatable bonds is 18. The molecule has 41 heavy (non-hydrogen) atoms. The molecule has 0 heterocycles. The van der Waals surface area contributed by atoms with Crippen LogP contribution < -0.4 is 0 Å². The number of esters is 1. The third-order valence-corrected chi connectivity index (χ3v) is 8.10. The molecule has 1 aliphatic carbocycles. The molecule has 222 valence electrons. The number of fused-ring (bicyclic) bond motifs is 3. The summed E-state index contributed by atoms with van der Waals surface area (Å²) in [6, 6.07) is 9.13. The van der Waals surface area contributed by atoms with E-state index in [4.69, 9.17) is 4.74 Å². The Labute approximate surface area is 246 Å². The Bertz CT molecular complexity index is 1250. The van der Waals surface area contributed by atoms with E-state index in [2.05, 4.69) is 19.1 Å². The van der Waals surface area contributed by atoms with E-state index < -0.39 is 17.5 Å². The number of allylic oxidation sites excluding steroid dienone is 2. The minimum absolute atomic E-state index is 0.0170. The molecule has 0 aromatic heterocycles. The first-order chi connectivity index (χ1) is 19.9. The van der Waals surface area contributed by atoms with E-state index in [1.165, 1.54) is 51.4 Å². The van der Waals surface area contributed by atoms with Gasteiger partial charge in [0.1, 0.15) is 5.76 Å². The standard InChI is InChI=1S/C36H48O5/c1-4-5-6-7-8-9-10-11-12-13-14-15-16-17-18-22-31(37)41-25-27(3)32-34(38)30-24-23-28-26(2)20-19-21-29(28)33(30)36(40)35(32)39/h11-12,19-21,23-24,27,38H,4-10,13-18,22,25H2,1-3H3/b12-11-/t27-/m0/s1. The summed E-state index contributed by atoms with van der Waals surface area (Å²) in [5.41, 5.74) is 1.61. The van der Waals surface area contributed by atoms with Crippen LogP contribution in [-0.2, 0) is 14.3 Å². The normalized spacial score (nSPS) is 14.2. The molecular weight excluding hydrogens is 512 g/mol. The fraction of sp³-hybridized carbons (Fsp3) is 0.528. The number of Topliss-reactive ketones (excluding diaryl/α,β-unsaturated/α-hetero) is 2. The van der Waals surface area contributed by atoms with Crippen LogP contribution in [0.15, 0.2) is 48.1 Å². The lowest BCUT2D eigenvalue weighted by Crippen LogP contribution is -2.29. The summed E-state index contributed by atoms with van der Waals surface area (Å²) < 4.78 is 5.43. The third kappa shape index (κ3) is 9.14. The van der Waals surface area contributed by atoms with E-state index in [-0.39, 0.29) is 29.5 Å². The predicted molar refractivity (Wildman–Crippen MR) is 167 cm³/mol. The number of carbonyl (C=O) groups excluding carboxylic acids is 3. The highest BCUT2D eigenvalue weighted by atomic mass is 16.5. The summed E-state index contributed by atoms with van der Waals surface area (Å²) in [6.07, 6.45) is 20.5. The number of aliphatic hydroxyl groups excluding tert-OH is 1. The Morgan fingerprint density at radius 1 is 0.829 bits per heavy atom. The molecule has 0 bridgehead atoms. The molecule has 0 unspecified atom stereocenters. The number of aryl methyl sites for hydroxylation is 1. The van der Waals surface area contributed by atoms with Crippen molar-refractivity contribution in [2.24, 2.45) is 5.92 Å². The number of unbranched alkanes of at least 4 members (excludes halogenated alkanes) is 11. The van der Waals surface area contributed by atoms with Crippen molar-refractivity contribution in [1.82, 2.24) is 0 Å². The molecule has 2 aromatic rings. The van der Waals surface area contributed by atoms with Crippen LogP contribution in [0.5, 0.6) is 0 Å². The Balaban J connectivity index is 1.35. The average Bonchev–Trinajstić information content (AvgIpc) is 2.96. The summed E-state index contributed by atoms with van der Waals surface area (Å²) in [6.45, 7) is 5.84. The van der Waals surface area contributed by atoms with Gasteiger partial charge in [-0.2, -0.15) is 0 Å². The van der Waals surface area contributed by atoms with Crippen LogP contribution >= 0.6 is 0 Å². The van der Waals surface area contributed by atoms with E-state index >= 15 is 0 Å². The zero-order valence-electron chi connectivity index (χ0n) is 25.3. The fourth-order valence-electron chi connectivity index (χ4n) is 5.62. The lowest BCUT2D eigenvalue weighted by Gasteiger charge is -2.23. The maximum absolute atomic E-state index is 13.1. The van der Waals surface area contributed by atoms with Gasteiger partial charge in [0.05, 0.1) is 12.2 Å². The van der Waals surface area contributed by atoms with Crippen molar-refractivity contribution in [3.8, 4) is 0 Å². The maximum atomic E-state index is 13.1. The van der Waals surface area contributed by atoms with E-state index in [0.29, 0.717) is 17.4 Å². The number of benzene rings is 2. The zero-order valence-corrected chi connectivity index (χ0v) is 25.3. The van der Waals surface area contributed by atoms with Crippen molar-refractivity contribution < 1.29 is 24.2 Å². The van der Waals surface area contributed by atoms with E-state index in [0.717, 1.165) is 43.1 Å². The summed E-state index contributed by atoms with van der Waals surface area (Å²) in [7, 11) is 0. The monoisotopic (exact) mass is 560 g/mol. The van der Waals surface area contributed by atoms with Gasteiger partial charge in [-0.25, -0.2) is 0 Å². The smallest absolute Gasteiger partial charge is 0.305 e. The number of hydrogen-bond donors (Lipinski definition) is 1. The number of carbonyl (C=O) groups is 3. The van der Waals surface area contributed by atoms with Crippen LogP contribution in [-0.4, -0.2) is 29.2 Å². The average molecular weight is 561 g/mol. The Morgan fingerprint density at radius 3 is 2.15 bits per heavy atom. The summed E-state index contributed by atoms with van der Waals surface area (Å²) in [4.78, 5) is 38.4. The summed E-state index contributed by atoms with van der Waals surface area (Å²) in [5.74, 6) is -2.47. The minimum Gasteiger partial charge on any atom is -0.507 e. The number of hydrogen-bond acceptors (Lipinski definition) is 5. The van der Waals surface area contributed by atoms with Crippen LogP contribution in [0.4, 0.5) is 0 Å². The highest BCUT2D eigenvalue weighted by Gasteiger charge is 2.37. The first-order valence-corrected chi connectivity index (χ1v) is 15.7. The molecule has 0 aliphatic heterocycles. The molecule has 1 N–H and O–H groups in total. The zero-order chi connectivity index (χ0) is 29.6. The van der Waals surface area contributed by atoms with E-state index in [9.17, 15) is 19.5 Å². The Morgan fingerprint density at radius 2 is 1.46 bits per heavy atom. The molecule has 2 aromatic carbocycles. The molecule has 1 aliphatic rings. The summed E-state index contributed by atoms with van der Waals surface area (Å²) >= 11 is 0. The largest absolute Gasteiger partial charge is 0.507 e. The first kappa shape index (κ1) is 32.3. The molecule has 0 saturated heterocycles. The predicted octanol–water partition coefficient (Wildman–Crippen LogP) is 9.40. The van der Waals surface area contributed by atoms with E-state index in [1.807, 2.05) is 25.1 Å². The highest BCUT2D eigenvalue weighted by molar-refractivity contribution is 6.54. The van der Waals surface area contributed by atoms with Crippen molar-refractivity contribution >= 4 is 34.1 Å². The number of ketones is 2. The number of ether oxygens (including phenoxy) is 1. The second-order valence-electron chi connectivity index (χ2n) is 11.5. The Hall–Kier alpha value is -3.21. The van der Waals surface area contributed by atoms with Crippen molar-refractivity contribution in [2.75, 3.05) is 6.61 Å². The number of aliphatic hydroxyl groups is 1. The van der Waals surface area contributed by atoms with Gasteiger partial charge in [0.15, 0.2) is 0 Å². The molecule has 5 nitrogen and oxygen atoms in total. The van der Waals surface area contributed by atoms with Gasteiger partial charge in [0.2, 0.25) is 11.6 Å². The molecule has 0 saturated carbocycles. The second kappa shape index (κ2) is 16.9. The Kier molecular flexibility index (Phi) is 13.3. The van der Waals surface area contributed by atoms with Crippen molar-refractivity contribution in [3.05, 3.63) is 64.7 Å². The van der Waals surface area contributed by atoms with Crippen LogP contribution in [0, 0.1) is 12.8 Å². The van der Waals surface area contributed by atoms with Crippen LogP contribution in [0.25, 0.3) is 16.5 Å². The third-order valence-electron chi connectivity index (χ3n) is 8.10. The fourth-order valence-corrected chi connectivity index (χ4v) is 5.62. The molecule has 0 amide bonds. The van der Waals surface area contributed by atoms with Crippen LogP contribution in [0.3, 0.4) is 0 Å². The van der Waals surface area contributed by atoms with Gasteiger partial charge in [-0.1, -0.05) is 102 Å². The van der Waals surface area contributed by atoms with Gasteiger partial charge in [-0.05, 0) is 61.4 Å². The molecule has 0 spiro atoms. The van der Waals surface area contributed by atoms with Crippen molar-refractivity contribution in [3.63, 3.8) is 0 Å². The minimum atomic E-state index is -0.732. The van der Waals surface area contributed by atoms with Crippen LogP contribution in [0.1, 0.15) is 125 Å². The van der Waals surface area contributed by atoms with Gasteiger partial charge < -0.3 is 9.84 Å². The maximum Gasteiger partial charge on any atom is 0.305 e. The second-order valence-corrected chi connectivity index (χ2v) is 11.5. The van der Waals surface area contributed by atoms with Gasteiger partial charge in [-0.3, -0.25) is 14.4 Å². The molecule has 0 radical (unpaired) electrons. The SMILES string of the molecule is CCCCCCCC/C=C\CCCCCCCC(=O)OC[C@H](C)C1=C(O)c2ccc3c(C)cccc3c2C(=O)C1=O. The lowest BCUT2D eigenvalue weighted by molar-refractivity contribution is -0.144. The van der Waals surface area contributed by atoms with E-state index in [1.54, 1.807) is 19.1 Å². The molecule has 0 fully saturated rings.